The summed E-state index contributed by atoms with van der Waals surface area (Å²) in [6.07, 6.45) is -0.183. The number of aliphatic carboxylic acids is 1. The number of amides is 1. The monoisotopic (exact) mass is 501 g/mol. The van der Waals surface area contributed by atoms with Crippen LogP contribution in [0, 0.1) is 30.1 Å². The van der Waals surface area contributed by atoms with Crippen molar-refractivity contribution >= 4 is 40.4 Å². The van der Waals surface area contributed by atoms with E-state index in [0.717, 1.165) is 22.7 Å². The van der Waals surface area contributed by atoms with E-state index in [0.29, 0.717) is 28.9 Å². The predicted molar refractivity (Wildman–Crippen MR) is 130 cm³/mol. The van der Waals surface area contributed by atoms with Gasteiger partial charge in [-0.15, -0.1) is 0 Å². The number of benzene rings is 1. The fourth-order valence-corrected chi connectivity index (χ4v) is 4.56. The number of carboxylic acid groups (broad SMARTS) is 1. The number of furan rings is 2. The number of carboxylic acids is 1. The molecule has 5 rings (SSSR count). The number of rotatable bonds is 5. The number of nitrogens with one attached hydrogen (secondary N) is 1. The Labute approximate surface area is 209 Å². The molecule has 0 aliphatic heterocycles. The van der Waals surface area contributed by atoms with Gasteiger partial charge in [-0.25, -0.2) is 4.79 Å². The Kier molecular flexibility index (Phi) is 5.75. The predicted octanol–water partition coefficient (Wildman–Crippen LogP) is 5.49. The van der Waals surface area contributed by atoms with E-state index in [4.69, 9.17) is 13.6 Å². The lowest BCUT2D eigenvalue weighted by atomic mass is 10.0. The minimum absolute atomic E-state index is 0.0195. The molecule has 2 N–H and O–H groups in total. The minimum atomic E-state index is -0.963. The van der Waals surface area contributed by atoms with Gasteiger partial charge in [0.25, 0.3) is 5.78 Å². The normalized spacial score (nSPS) is 14.4. The van der Waals surface area contributed by atoms with Gasteiger partial charge in [0.1, 0.15) is 33.9 Å². The molecule has 1 aromatic carbocycles. The molecule has 1 fully saturated rings. The molecule has 1 aliphatic rings. The van der Waals surface area contributed by atoms with Crippen LogP contribution in [-0.4, -0.2) is 21.5 Å². The molecule has 3 heterocycles. The van der Waals surface area contributed by atoms with Crippen LogP contribution in [0.5, 0.6) is 0 Å². The van der Waals surface area contributed by atoms with Crippen LogP contribution in [0.2, 0.25) is 0 Å². The van der Waals surface area contributed by atoms with Gasteiger partial charge in [-0.1, -0.05) is 24.3 Å². The van der Waals surface area contributed by atoms with Crippen LogP contribution in [0.1, 0.15) is 59.1 Å². The summed E-state index contributed by atoms with van der Waals surface area (Å²) in [6, 6.07) is 12.8. The molecule has 1 unspecified atom stereocenters. The standard InChI is InChI=1S/C26H19N3O6S/c1-14-5-3-4-6-18(14)15(2)33-25(32)28-22-19(13-27)29-36-20(22)8-7-17-11-16-12-21(35-23(16)34-17)26(9-10-26)24(30)31/h3-6,11-12,15H,9-10H2,1-2H3,(H,28,32)(H,30,31). The molecule has 1 saturated carbocycles. The van der Waals surface area contributed by atoms with Crippen molar-refractivity contribution in [3.63, 3.8) is 0 Å². The van der Waals surface area contributed by atoms with Crippen molar-refractivity contribution in [3.8, 4) is 17.9 Å². The minimum Gasteiger partial charge on any atom is -0.480 e. The van der Waals surface area contributed by atoms with Gasteiger partial charge in [-0.05, 0) is 67.3 Å². The highest BCUT2D eigenvalue weighted by Gasteiger charge is 2.54. The molecule has 0 saturated heterocycles. The maximum Gasteiger partial charge on any atom is 0.412 e. The summed E-state index contributed by atoms with van der Waals surface area (Å²) < 4.78 is 20.8. The van der Waals surface area contributed by atoms with Crippen LogP contribution in [0.3, 0.4) is 0 Å². The lowest BCUT2D eigenvalue weighted by molar-refractivity contribution is -0.140. The van der Waals surface area contributed by atoms with E-state index < -0.39 is 23.6 Å². The summed E-state index contributed by atoms with van der Waals surface area (Å²) in [6.45, 7) is 3.69. The number of carbonyl (C=O) groups is 2. The average molecular weight is 502 g/mol. The van der Waals surface area contributed by atoms with Crippen LogP contribution in [-0.2, 0) is 14.9 Å². The number of nitrogens with zero attached hydrogens (tertiary/aromatic N) is 2. The van der Waals surface area contributed by atoms with Crippen LogP contribution in [0.4, 0.5) is 10.5 Å². The van der Waals surface area contributed by atoms with Gasteiger partial charge in [-0.3, -0.25) is 10.1 Å². The van der Waals surface area contributed by atoms with Crippen molar-refractivity contribution < 1.29 is 28.3 Å². The molecular weight excluding hydrogens is 482 g/mol. The zero-order valence-electron chi connectivity index (χ0n) is 19.2. The third-order valence-electron chi connectivity index (χ3n) is 6.08. The summed E-state index contributed by atoms with van der Waals surface area (Å²) in [5, 5.41) is 22.0. The molecule has 0 bridgehead atoms. The maximum atomic E-state index is 12.6. The largest absolute Gasteiger partial charge is 0.480 e. The molecule has 4 aromatic rings. The molecule has 36 heavy (non-hydrogen) atoms. The van der Waals surface area contributed by atoms with Crippen molar-refractivity contribution in [1.29, 1.82) is 5.26 Å². The van der Waals surface area contributed by atoms with Gasteiger partial charge in [0.15, 0.2) is 11.5 Å². The van der Waals surface area contributed by atoms with Crippen molar-refractivity contribution in [1.82, 2.24) is 4.37 Å². The van der Waals surface area contributed by atoms with Crippen molar-refractivity contribution in [2.24, 2.45) is 0 Å². The molecule has 0 radical (unpaired) electrons. The summed E-state index contributed by atoms with van der Waals surface area (Å²) in [5.41, 5.74) is 1.08. The Balaban J connectivity index is 1.33. The number of ether oxygens (including phenoxy) is 1. The highest BCUT2D eigenvalue weighted by atomic mass is 32.1. The van der Waals surface area contributed by atoms with Crippen molar-refractivity contribution in [3.05, 3.63) is 69.6 Å². The molecule has 10 heteroatoms. The number of hydrogen-bond acceptors (Lipinski definition) is 8. The van der Waals surface area contributed by atoms with E-state index in [1.165, 1.54) is 0 Å². The number of fused-ring (bicyclic) bond motifs is 1. The van der Waals surface area contributed by atoms with Gasteiger partial charge in [0.05, 0.1) is 5.39 Å². The Hall–Kier alpha value is -4.54. The second-order valence-corrected chi connectivity index (χ2v) is 9.25. The molecular formula is C26H19N3O6S. The Bertz CT molecular complexity index is 1570. The van der Waals surface area contributed by atoms with Crippen LogP contribution in [0.25, 0.3) is 11.2 Å². The van der Waals surface area contributed by atoms with Gasteiger partial charge >= 0.3 is 12.1 Å². The molecule has 1 atom stereocenters. The van der Waals surface area contributed by atoms with Crippen LogP contribution >= 0.6 is 11.5 Å². The first-order valence-corrected chi connectivity index (χ1v) is 11.8. The van der Waals surface area contributed by atoms with E-state index in [2.05, 4.69) is 21.5 Å². The van der Waals surface area contributed by atoms with E-state index in [-0.39, 0.29) is 22.9 Å². The van der Waals surface area contributed by atoms with E-state index in [1.54, 1.807) is 19.1 Å². The molecule has 3 aromatic heterocycles. The lowest BCUT2D eigenvalue weighted by Gasteiger charge is -2.16. The summed E-state index contributed by atoms with van der Waals surface area (Å²) in [7, 11) is 0. The van der Waals surface area contributed by atoms with E-state index in [1.807, 2.05) is 37.3 Å². The zero-order chi connectivity index (χ0) is 25.4. The van der Waals surface area contributed by atoms with Crippen molar-refractivity contribution in [2.45, 2.75) is 38.2 Å². The molecule has 1 aliphatic carbocycles. The highest BCUT2D eigenvalue weighted by molar-refractivity contribution is 7.07. The topological polar surface area (TPSA) is 139 Å². The summed E-state index contributed by atoms with van der Waals surface area (Å²) >= 11 is 0.959. The first-order valence-electron chi connectivity index (χ1n) is 11.0. The molecule has 1 amide bonds. The molecule has 9 nitrogen and oxygen atoms in total. The highest BCUT2D eigenvalue weighted by Crippen LogP contribution is 2.50. The van der Waals surface area contributed by atoms with Gasteiger partial charge in [-0.2, -0.15) is 9.64 Å². The van der Waals surface area contributed by atoms with Crippen LogP contribution < -0.4 is 5.32 Å². The number of aromatic nitrogens is 1. The average Bonchev–Trinajstić information content (AvgIpc) is 3.23. The first-order chi connectivity index (χ1) is 17.3. The first kappa shape index (κ1) is 23.2. The van der Waals surface area contributed by atoms with Gasteiger partial charge in [0, 0.05) is 6.07 Å². The second kappa shape index (κ2) is 8.91. The third-order valence-corrected chi connectivity index (χ3v) is 6.84. The molecule has 0 spiro atoms. The smallest absolute Gasteiger partial charge is 0.412 e. The molecule has 180 valence electrons. The number of nitriles is 1. The van der Waals surface area contributed by atoms with Gasteiger partial charge in [0.2, 0.25) is 0 Å². The Morgan fingerprint density at radius 1 is 1.25 bits per heavy atom. The number of carbonyl (C=O) groups excluding carboxylic acids is 1. The fraction of sp³-hybridized carbons (Fsp3) is 0.231. The maximum absolute atomic E-state index is 12.6. The third kappa shape index (κ3) is 4.19. The zero-order valence-corrected chi connectivity index (χ0v) is 20.1. The summed E-state index contributed by atoms with van der Waals surface area (Å²) in [5.74, 6) is 5.63. The van der Waals surface area contributed by atoms with Crippen molar-refractivity contribution in [2.75, 3.05) is 5.32 Å². The summed E-state index contributed by atoms with van der Waals surface area (Å²) in [4.78, 5) is 24.4. The Morgan fingerprint density at radius 2 is 2.03 bits per heavy atom. The lowest BCUT2D eigenvalue weighted by Crippen LogP contribution is -2.18. The number of anilines is 1. The number of aryl methyl sites for hydroxylation is 1. The fourth-order valence-electron chi connectivity index (χ4n) is 3.91. The van der Waals surface area contributed by atoms with Crippen LogP contribution in [0.15, 0.2) is 45.2 Å². The van der Waals surface area contributed by atoms with E-state index >= 15 is 0 Å². The van der Waals surface area contributed by atoms with E-state index in [9.17, 15) is 20.0 Å². The second-order valence-electron chi connectivity index (χ2n) is 8.48. The van der Waals surface area contributed by atoms with Gasteiger partial charge < -0.3 is 18.7 Å². The quantitative estimate of drug-likeness (QED) is 0.342. The SMILES string of the molecule is Cc1ccccc1C(C)OC(=O)Nc1c(C#N)nsc1C#Cc1cc2cc(C3(C(=O)O)CC3)oc2o1. The Morgan fingerprint density at radius 3 is 2.69 bits per heavy atom. The number of hydrogen-bond donors (Lipinski definition) is 2.